The van der Waals surface area contributed by atoms with Crippen molar-refractivity contribution in [3.63, 3.8) is 0 Å². The average molecular weight is 622 g/mol. The quantitative estimate of drug-likeness (QED) is 0.290. The summed E-state index contributed by atoms with van der Waals surface area (Å²) in [5.41, 5.74) is 3.19. The van der Waals surface area contributed by atoms with E-state index in [-0.39, 0.29) is 17.4 Å². The normalized spacial score (nSPS) is 36.1. The number of nitrogens with zero attached hydrogens (tertiary/aromatic N) is 1. The average Bonchev–Trinajstić information content (AvgIpc) is 3.46. The van der Waals surface area contributed by atoms with E-state index >= 15 is 0 Å². The van der Waals surface area contributed by atoms with Gasteiger partial charge in [0.25, 0.3) is 5.91 Å². The number of aryl methyl sites for hydroxylation is 1. The van der Waals surface area contributed by atoms with Gasteiger partial charge in [0, 0.05) is 31.5 Å². The van der Waals surface area contributed by atoms with E-state index in [0.29, 0.717) is 43.6 Å². The number of amides is 1. The highest BCUT2D eigenvalue weighted by molar-refractivity contribution is 5.87. The number of rotatable bonds is 10. The van der Waals surface area contributed by atoms with Crippen molar-refractivity contribution < 1.29 is 29.6 Å². The molecular formula is C38H55NO6. The number of carbonyl (C=O) groups is 1. The standard InChI is InChI=1S/C38H55NO6/c1-24(17-29-23-38(4,43)36(42)39(29)16-8-9-26-18-31(44-5)22-32(19-26)45-6)33-13-14-34-27(10-7-15-37(33,34)3)11-12-28-20-30(40)21-35(41)25(28)2/h11-12,18-19,22,24,29-30,33-35,40-41,43H,2,7-10,13-17,20-21,23H2,1,3-6H3/b27-11+,28-12-/t24-,29+,30-,33-,34+,35+,37-,38+/m1/s1. The van der Waals surface area contributed by atoms with Crippen molar-refractivity contribution >= 4 is 5.91 Å². The van der Waals surface area contributed by atoms with Crippen LogP contribution in [0.3, 0.4) is 0 Å². The summed E-state index contributed by atoms with van der Waals surface area (Å²) in [6.45, 7) is 11.2. The number of methoxy groups -OCH3 is 2. The lowest BCUT2D eigenvalue weighted by Gasteiger charge is -2.45. The SMILES string of the molecule is C=C1/C(=C\C=C2/CCC[C@]3(C)[C@@H]([C@H](C)C[C@H]4C[C@](C)(O)C(=O)N4CCCc4cc(OC)cc(OC)c4)CC[C@@H]23)C[C@@H](O)C[C@@H]1O. The minimum absolute atomic E-state index is 0.0310. The van der Waals surface area contributed by atoms with Crippen LogP contribution in [0.1, 0.15) is 90.5 Å². The van der Waals surface area contributed by atoms with Crippen LogP contribution in [0.15, 0.2) is 53.6 Å². The van der Waals surface area contributed by atoms with E-state index in [1.165, 1.54) is 24.8 Å². The molecule has 0 bridgehead atoms. The summed E-state index contributed by atoms with van der Waals surface area (Å²) >= 11 is 0. The zero-order valence-electron chi connectivity index (χ0n) is 28.1. The fourth-order valence-electron chi connectivity index (χ4n) is 9.36. The van der Waals surface area contributed by atoms with Gasteiger partial charge in [-0.3, -0.25) is 4.79 Å². The van der Waals surface area contributed by atoms with Crippen molar-refractivity contribution in [2.24, 2.45) is 23.2 Å². The van der Waals surface area contributed by atoms with Gasteiger partial charge in [0.05, 0.1) is 26.4 Å². The number of benzene rings is 1. The first-order valence-corrected chi connectivity index (χ1v) is 17.1. The molecule has 1 aliphatic heterocycles. The number of fused-ring (bicyclic) bond motifs is 1. The monoisotopic (exact) mass is 621 g/mol. The number of allylic oxidation sites excluding steroid dienone is 3. The second kappa shape index (κ2) is 13.6. The van der Waals surface area contributed by atoms with Gasteiger partial charge in [-0.25, -0.2) is 0 Å². The smallest absolute Gasteiger partial charge is 0.254 e. The Balaban J connectivity index is 1.25. The topological polar surface area (TPSA) is 99.5 Å². The molecule has 4 fully saturated rings. The highest BCUT2D eigenvalue weighted by Gasteiger charge is 2.53. The van der Waals surface area contributed by atoms with Crippen molar-refractivity contribution in [1.29, 1.82) is 0 Å². The number of carbonyl (C=O) groups excluding carboxylic acids is 1. The fourth-order valence-corrected chi connectivity index (χ4v) is 9.36. The van der Waals surface area contributed by atoms with E-state index in [4.69, 9.17) is 9.47 Å². The Bertz CT molecular complexity index is 1290. The Morgan fingerprint density at radius 2 is 1.82 bits per heavy atom. The van der Waals surface area contributed by atoms with Crippen LogP contribution in [0.25, 0.3) is 0 Å². The molecule has 3 N–H and O–H groups in total. The lowest BCUT2D eigenvalue weighted by Crippen LogP contribution is -2.41. The van der Waals surface area contributed by atoms with Gasteiger partial charge in [0.1, 0.15) is 17.1 Å². The van der Waals surface area contributed by atoms with Crippen LogP contribution in [0, 0.1) is 23.2 Å². The molecule has 1 aromatic rings. The molecule has 0 spiro atoms. The number of likely N-dealkylation sites (tertiary alicyclic amines) is 1. The lowest BCUT2D eigenvalue weighted by atomic mass is 9.60. The summed E-state index contributed by atoms with van der Waals surface area (Å²) in [6, 6.07) is 5.93. The third-order valence-corrected chi connectivity index (χ3v) is 11.7. The molecule has 1 amide bonds. The molecule has 0 aromatic heterocycles. The van der Waals surface area contributed by atoms with Crippen molar-refractivity contribution in [3.8, 4) is 11.5 Å². The van der Waals surface area contributed by atoms with Crippen LogP contribution >= 0.6 is 0 Å². The third-order valence-electron chi connectivity index (χ3n) is 11.7. The summed E-state index contributed by atoms with van der Waals surface area (Å²) < 4.78 is 10.9. The van der Waals surface area contributed by atoms with Crippen LogP contribution in [-0.4, -0.2) is 70.7 Å². The molecule has 7 nitrogen and oxygen atoms in total. The van der Waals surface area contributed by atoms with Crippen molar-refractivity contribution in [1.82, 2.24) is 4.90 Å². The molecule has 0 radical (unpaired) electrons. The molecule has 7 heteroatoms. The third kappa shape index (κ3) is 7.06. The molecule has 0 unspecified atom stereocenters. The highest BCUT2D eigenvalue weighted by Crippen LogP contribution is 2.60. The van der Waals surface area contributed by atoms with Gasteiger partial charge < -0.3 is 29.7 Å². The predicted octanol–water partition coefficient (Wildman–Crippen LogP) is 6.16. The molecule has 5 rings (SSSR count). The summed E-state index contributed by atoms with van der Waals surface area (Å²) in [6.07, 6.45) is 12.9. The van der Waals surface area contributed by atoms with E-state index in [1.54, 1.807) is 21.1 Å². The summed E-state index contributed by atoms with van der Waals surface area (Å²) in [5, 5.41) is 31.5. The number of ether oxygens (including phenoxy) is 2. The van der Waals surface area contributed by atoms with Crippen LogP contribution in [-0.2, 0) is 11.2 Å². The Hall–Kier alpha value is -2.61. The maximum Gasteiger partial charge on any atom is 0.254 e. The van der Waals surface area contributed by atoms with E-state index in [0.717, 1.165) is 60.3 Å². The molecule has 3 aliphatic carbocycles. The Morgan fingerprint density at radius 1 is 1.11 bits per heavy atom. The van der Waals surface area contributed by atoms with Crippen molar-refractivity contribution in [3.05, 3.63) is 59.2 Å². The molecule has 8 atom stereocenters. The molecular weight excluding hydrogens is 566 g/mol. The maximum absolute atomic E-state index is 13.4. The minimum atomic E-state index is -1.32. The summed E-state index contributed by atoms with van der Waals surface area (Å²) in [4.78, 5) is 15.3. The molecule has 1 heterocycles. The van der Waals surface area contributed by atoms with Gasteiger partial charge in [-0.2, -0.15) is 0 Å². The van der Waals surface area contributed by atoms with Crippen LogP contribution in [0.2, 0.25) is 0 Å². The second-order valence-corrected chi connectivity index (χ2v) is 14.8. The highest BCUT2D eigenvalue weighted by atomic mass is 16.5. The zero-order chi connectivity index (χ0) is 32.5. The van der Waals surface area contributed by atoms with Crippen LogP contribution in [0.4, 0.5) is 0 Å². The van der Waals surface area contributed by atoms with Gasteiger partial charge in [0.2, 0.25) is 0 Å². The molecule has 1 aromatic carbocycles. The first-order valence-electron chi connectivity index (χ1n) is 17.1. The molecule has 248 valence electrons. The van der Waals surface area contributed by atoms with E-state index in [1.807, 2.05) is 23.1 Å². The number of aliphatic hydroxyl groups excluding tert-OH is 2. The maximum atomic E-state index is 13.4. The van der Waals surface area contributed by atoms with Crippen molar-refractivity contribution in [2.75, 3.05) is 20.8 Å². The van der Waals surface area contributed by atoms with E-state index in [2.05, 4.69) is 32.6 Å². The van der Waals surface area contributed by atoms with E-state index < -0.39 is 17.8 Å². The molecule has 1 saturated heterocycles. The second-order valence-electron chi connectivity index (χ2n) is 14.8. The Labute approximate surface area is 270 Å². The fraction of sp³-hybridized carbons (Fsp3) is 0.658. The number of aliphatic hydroxyl groups is 3. The summed E-state index contributed by atoms with van der Waals surface area (Å²) in [5.74, 6) is 2.88. The molecule has 3 saturated carbocycles. The largest absolute Gasteiger partial charge is 0.497 e. The lowest BCUT2D eigenvalue weighted by molar-refractivity contribution is -0.142. The van der Waals surface area contributed by atoms with E-state index in [9.17, 15) is 20.1 Å². The number of hydrogen-bond acceptors (Lipinski definition) is 6. The Kier molecular flexibility index (Phi) is 10.2. The first kappa shape index (κ1) is 33.7. The van der Waals surface area contributed by atoms with Gasteiger partial charge in [-0.05, 0) is 117 Å². The van der Waals surface area contributed by atoms with Crippen molar-refractivity contribution in [2.45, 2.75) is 115 Å². The molecule has 45 heavy (non-hydrogen) atoms. The van der Waals surface area contributed by atoms with Gasteiger partial charge in [0.15, 0.2) is 0 Å². The molecule has 4 aliphatic rings. The van der Waals surface area contributed by atoms with Gasteiger partial charge in [-0.15, -0.1) is 0 Å². The first-order chi connectivity index (χ1) is 21.4. The predicted molar refractivity (Wildman–Crippen MR) is 177 cm³/mol. The van der Waals surface area contributed by atoms with Gasteiger partial charge >= 0.3 is 0 Å². The Morgan fingerprint density at radius 3 is 2.51 bits per heavy atom. The minimum Gasteiger partial charge on any atom is -0.497 e. The van der Waals surface area contributed by atoms with Gasteiger partial charge in [-0.1, -0.05) is 38.2 Å². The number of hydrogen-bond donors (Lipinski definition) is 3. The zero-order valence-corrected chi connectivity index (χ0v) is 28.1. The van der Waals surface area contributed by atoms with Crippen LogP contribution < -0.4 is 9.47 Å². The summed E-state index contributed by atoms with van der Waals surface area (Å²) in [7, 11) is 3.30. The van der Waals surface area contributed by atoms with Crippen LogP contribution in [0.5, 0.6) is 11.5 Å².